The Kier molecular flexibility index (Phi) is 12.5. The van der Waals surface area contributed by atoms with E-state index >= 15 is 0 Å². The van der Waals surface area contributed by atoms with Crippen LogP contribution >= 0.6 is 0 Å². The molecule has 5 unspecified atom stereocenters. The molecule has 0 aliphatic carbocycles. The van der Waals surface area contributed by atoms with E-state index in [0.29, 0.717) is 6.42 Å². The maximum atomic E-state index is 12.6. The Labute approximate surface area is 184 Å². The normalized spacial score (nSPS) is 15.4. The summed E-state index contributed by atoms with van der Waals surface area (Å²) in [6.45, 7) is 2.58. The maximum absolute atomic E-state index is 12.6. The number of aliphatic hydroxyl groups is 1. The van der Waals surface area contributed by atoms with Crippen LogP contribution in [0.15, 0.2) is 0 Å². The van der Waals surface area contributed by atoms with Gasteiger partial charge in [0, 0.05) is 6.42 Å². The molecule has 0 aromatic rings. The predicted molar refractivity (Wildman–Crippen MR) is 109 cm³/mol. The molecule has 0 rings (SSSR count). The molecule has 0 saturated carbocycles. The van der Waals surface area contributed by atoms with Crippen LogP contribution in [0.25, 0.3) is 0 Å². The number of hydrogen-bond donors (Lipinski definition) is 8. The Hall–Kier alpha value is -3.26. The lowest BCUT2D eigenvalue weighted by Crippen LogP contribution is -2.58. The number of carboxylic acids is 2. The zero-order valence-corrected chi connectivity index (χ0v) is 17.9. The lowest BCUT2D eigenvalue weighted by molar-refractivity contribution is -0.147. The Bertz CT molecular complexity index is 715. The lowest BCUT2D eigenvalue weighted by Gasteiger charge is -2.25. The average Bonchev–Trinajstić information content (AvgIpc) is 2.71. The van der Waals surface area contributed by atoms with Gasteiger partial charge >= 0.3 is 11.9 Å². The number of rotatable bonds is 15. The van der Waals surface area contributed by atoms with Crippen LogP contribution in [0, 0.1) is 5.92 Å². The first-order chi connectivity index (χ1) is 14.8. The van der Waals surface area contributed by atoms with Gasteiger partial charge in [0.25, 0.3) is 0 Å². The van der Waals surface area contributed by atoms with E-state index in [0.717, 1.165) is 0 Å². The van der Waals surface area contributed by atoms with Crippen molar-refractivity contribution in [3.05, 3.63) is 0 Å². The lowest BCUT2D eigenvalue weighted by atomic mass is 9.98. The van der Waals surface area contributed by atoms with Crippen molar-refractivity contribution in [2.24, 2.45) is 17.4 Å². The van der Waals surface area contributed by atoms with Crippen molar-refractivity contribution >= 4 is 35.6 Å². The molecule has 0 spiro atoms. The van der Waals surface area contributed by atoms with Gasteiger partial charge < -0.3 is 42.7 Å². The van der Waals surface area contributed by atoms with Gasteiger partial charge in [-0.15, -0.1) is 0 Å². The number of primary amides is 1. The van der Waals surface area contributed by atoms with Crippen LogP contribution in [0.5, 0.6) is 0 Å². The van der Waals surface area contributed by atoms with Crippen molar-refractivity contribution in [3.8, 4) is 0 Å². The number of nitrogens with two attached hydrogens (primary N) is 2. The average molecular weight is 461 g/mol. The van der Waals surface area contributed by atoms with Gasteiger partial charge in [-0.25, -0.2) is 4.79 Å². The first kappa shape index (κ1) is 28.7. The van der Waals surface area contributed by atoms with Crippen molar-refractivity contribution < 1.29 is 44.1 Å². The minimum absolute atomic E-state index is 0.215. The maximum Gasteiger partial charge on any atom is 0.326 e. The number of amides is 4. The molecule has 0 radical (unpaired) electrons. The first-order valence-electron chi connectivity index (χ1n) is 9.84. The molecule has 0 saturated heterocycles. The molecule has 5 atom stereocenters. The third kappa shape index (κ3) is 10.2. The highest BCUT2D eigenvalue weighted by atomic mass is 16.4. The fourth-order valence-corrected chi connectivity index (χ4v) is 2.45. The van der Waals surface area contributed by atoms with Crippen molar-refractivity contribution in [3.63, 3.8) is 0 Å². The highest BCUT2D eigenvalue weighted by molar-refractivity contribution is 5.95. The van der Waals surface area contributed by atoms with Crippen molar-refractivity contribution in [2.45, 2.75) is 63.7 Å². The summed E-state index contributed by atoms with van der Waals surface area (Å²) in [4.78, 5) is 70.1. The zero-order chi connectivity index (χ0) is 25.0. The Morgan fingerprint density at radius 1 is 0.875 bits per heavy atom. The number of nitrogens with one attached hydrogen (secondary N) is 3. The minimum Gasteiger partial charge on any atom is -0.481 e. The fourth-order valence-electron chi connectivity index (χ4n) is 2.45. The van der Waals surface area contributed by atoms with Crippen LogP contribution in [0.3, 0.4) is 0 Å². The molecule has 0 aromatic heterocycles. The third-order valence-electron chi connectivity index (χ3n) is 4.68. The van der Waals surface area contributed by atoms with Gasteiger partial charge in [-0.3, -0.25) is 24.0 Å². The number of carbonyl (C=O) groups excluding carboxylic acids is 4. The second-order valence-electron chi connectivity index (χ2n) is 7.22. The first-order valence-corrected chi connectivity index (χ1v) is 9.84. The Morgan fingerprint density at radius 3 is 1.81 bits per heavy atom. The van der Waals surface area contributed by atoms with Crippen LogP contribution in [-0.2, 0) is 28.8 Å². The number of carbonyl (C=O) groups is 6. The summed E-state index contributed by atoms with van der Waals surface area (Å²) in [6.07, 6.45) is -0.859. The molecule has 182 valence electrons. The Balaban J connectivity index is 5.36. The molecule has 10 N–H and O–H groups in total. The van der Waals surface area contributed by atoms with Crippen LogP contribution in [0.2, 0.25) is 0 Å². The molecule has 14 nitrogen and oxygen atoms in total. The van der Waals surface area contributed by atoms with E-state index in [1.807, 2.05) is 12.2 Å². The summed E-state index contributed by atoms with van der Waals surface area (Å²) in [5, 5.41) is 33.6. The second kappa shape index (κ2) is 13.9. The smallest absolute Gasteiger partial charge is 0.326 e. The van der Waals surface area contributed by atoms with E-state index in [1.54, 1.807) is 6.92 Å². The van der Waals surface area contributed by atoms with Crippen LogP contribution < -0.4 is 27.4 Å². The molecule has 0 aliphatic rings. The molecule has 0 bridgehead atoms. The summed E-state index contributed by atoms with van der Waals surface area (Å²) >= 11 is 0. The highest BCUT2D eigenvalue weighted by Crippen LogP contribution is 2.07. The molecular formula is C18H31N5O9. The topological polar surface area (TPSA) is 251 Å². The van der Waals surface area contributed by atoms with E-state index in [9.17, 15) is 33.9 Å². The molecule has 0 aromatic carbocycles. The van der Waals surface area contributed by atoms with Gasteiger partial charge in [-0.2, -0.15) is 0 Å². The largest absolute Gasteiger partial charge is 0.481 e. The molecule has 14 heteroatoms. The summed E-state index contributed by atoms with van der Waals surface area (Å²) in [6, 6.07) is -5.74. The van der Waals surface area contributed by atoms with Crippen LogP contribution in [-0.4, -0.2) is 81.7 Å². The van der Waals surface area contributed by atoms with Crippen LogP contribution in [0.4, 0.5) is 0 Å². The van der Waals surface area contributed by atoms with E-state index in [-0.39, 0.29) is 18.8 Å². The molecule has 32 heavy (non-hydrogen) atoms. The van der Waals surface area contributed by atoms with Crippen LogP contribution in [0.1, 0.15) is 39.5 Å². The molecular weight excluding hydrogens is 430 g/mol. The van der Waals surface area contributed by atoms with Crippen molar-refractivity contribution in [1.29, 1.82) is 0 Å². The fraction of sp³-hybridized carbons (Fsp3) is 0.667. The van der Waals surface area contributed by atoms with Crippen molar-refractivity contribution in [1.82, 2.24) is 16.0 Å². The number of carboxylic acid groups (broad SMARTS) is 2. The van der Waals surface area contributed by atoms with Gasteiger partial charge in [-0.05, 0) is 12.3 Å². The van der Waals surface area contributed by atoms with E-state index in [2.05, 4.69) is 10.6 Å². The summed E-state index contributed by atoms with van der Waals surface area (Å²) in [7, 11) is 0. The van der Waals surface area contributed by atoms with Gasteiger partial charge in [0.2, 0.25) is 23.6 Å². The monoisotopic (exact) mass is 461 g/mol. The quantitative estimate of drug-likeness (QED) is 0.120. The molecule has 4 amide bonds. The number of aliphatic hydroxyl groups excluding tert-OH is 1. The van der Waals surface area contributed by atoms with E-state index in [1.165, 1.54) is 0 Å². The standard InChI is InChI=1S/C18H31N5O9/c1-3-8(2)14(20)17(30)21-9(4-5-12(19)25)15(28)23-11(7-24)16(29)22-10(18(31)32)6-13(26)27/h8-11,14,24H,3-7,20H2,1-2H3,(H2,19,25)(H,21,30)(H,22,29)(H,23,28)(H,26,27)(H,31,32). The minimum atomic E-state index is -1.80. The van der Waals surface area contributed by atoms with Gasteiger partial charge in [0.05, 0.1) is 19.1 Å². The third-order valence-corrected chi connectivity index (χ3v) is 4.68. The summed E-state index contributed by atoms with van der Waals surface area (Å²) in [5.41, 5.74) is 10.9. The molecule has 0 aliphatic heterocycles. The van der Waals surface area contributed by atoms with Gasteiger partial charge in [0.1, 0.15) is 18.1 Å². The summed E-state index contributed by atoms with van der Waals surface area (Å²) in [5.74, 6) is -6.89. The predicted octanol–water partition coefficient (Wildman–Crippen LogP) is -3.37. The van der Waals surface area contributed by atoms with Gasteiger partial charge in [-0.1, -0.05) is 20.3 Å². The SMILES string of the molecule is CCC(C)C(N)C(=O)NC(CCC(N)=O)C(=O)NC(CO)C(=O)NC(CC(=O)O)C(=O)O. The number of hydrogen-bond acceptors (Lipinski definition) is 8. The Morgan fingerprint density at radius 2 is 1.38 bits per heavy atom. The molecule has 0 heterocycles. The van der Waals surface area contributed by atoms with E-state index in [4.69, 9.17) is 21.7 Å². The molecule has 0 fully saturated rings. The zero-order valence-electron chi connectivity index (χ0n) is 17.9. The second-order valence-corrected chi connectivity index (χ2v) is 7.22. The van der Waals surface area contributed by atoms with Gasteiger partial charge in [0.15, 0.2) is 0 Å². The highest BCUT2D eigenvalue weighted by Gasteiger charge is 2.31. The summed E-state index contributed by atoms with van der Waals surface area (Å²) < 4.78 is 0. The number of aliphatic carboxylic acids is 2. The van der Waals surface area contributed by atoms with E-state index < -0.39 is 72.8 Å². The van der Waals surface area contributed by atoms with Crippen molar-refractivity contribution in [2.75, 3.05) is 6.61 Å².